The first-order valence-corrected chi connectivity index (χ1v) is 9.36. The van der Waals surface area contributed by atoms with E-state index in [1.54, 1.807) is 16.8 Å². The quantitative estimate of drug-likeness (QED) is 0.498. The lowest BCUT2D eigenvalue weighted by Crippen LogP contribution is -2.05. The summed E-state index contributed by atoms with van der Waals surface area (Å²) in [5.74, 6) is 1.75. The van der Waals surface area contributed by atoms with Crippen molar-refractivity contribution in [2.24, 2.45) is 0 Å². The predicted octanol–water partition coefficient (Wildman–Crippen LogP) is 3.88. The molecular weight excluding hydrogens is 371 g/mol. The van der Waals surface area contributed by atoms with Gasteiger partial charge < -0.3 is 4.74 Å². The van der Waals surface area contributed by atoms with Gasteiger partial charge in [-0.1, -0.05) is 12.1 Å². The maximum Gasteiger partial charge on any atom is 0.189 e. The second-order valence-electron chi connectivity index (χ2n) is 6.63. The summed E-state index contributed by atoms with van der Waals surface area (Å²) in [6.07, 6.45) is 0. The van der Waals surface area contributed by atoms with Crippen LogP contribution in [0.5, 0.6) is 5.75 Å². The summed E-state index contributed by atoms with van der Waals surface area (Å²) in [6, 6.07) is 13.7. The molecule has 0 aliphatic rings. The van der Waals surface area contributed by atoms with Crippen molar-refractivity contribution in [2.45, 2.75) is 33.9 Å². The largest absolute Gasteiger partial charge is 0.485 e. The molecule has 3 aromatic heterocycles. The third-order valence-corrected chi connectivity index (χ3v) is 4.42. The number of aromatic nitrogens is 6. The molecule has 0 N–H and O–H groups in total. The molecule has 8 heteroatoms. The van der Waals surface area contributed by atoms with Crippen LogP contribution in [-0.4, -0.2) is 29.5 Å². The molecule has 0 saturated carbocycles. The lowest BCUT2D eigenvalue weighted by Gasteiger charge is -2.04. The molecule has 0 amide bonds. The van der Waals surface area contributed by atoms with Crippen molar-refractivity contribution in [3.63, 3.8) is 0 Å². The van der Waals surface area contributed by atoms with Gasteiger partial charge in [0.15, 0.2) is 17.5 Å². The van der Waals surface area contributed by atoms with Gasteiger partial charge in [0, 0.05) is 24.0 Å². The maximum absolute atomic E-state index is 13.4. The fourth-order valence-corrected chi connectivity index (χ4v) is 3.03. The number of benzene rings is 1. The zero-order valence-corrected chi connectivity index (χ0v) is 16.5. The predicted molar refractivity (Wildman–Crippen MR) is 106 cm³/mol. The molecule has 0 fully saturated rings. The minimum absolute atomic E-state index is 0.0999. The van der Waals surface area contributed by atoms with Crippen LogP contribution in [-0.2, 0) is 13.2 Å². The van der Waals surface area contributed by atoms with Gasteiger partial charge in [-0.2, -0.15) is 9.78 Å². The van der Waals surface area contributed by atoms with Crippen molar-refractivity contribution in [1.29, 1.82) is 0 Å². The third kappa shape index (κ3) is 4.01. The van der Waals surface area contributed by atoms with E-state index in [4.69, 9.17) is 4.74 Å². The smallest absolute Gasteiger partial charge is 0.189 e. The fraction of sp³-hybridized carbons (Fsp3) is 0.238. The van der Waals surface area contributed by atoms with Gasteiger partial charge in [-0.05, 0) is 51.1 Å². The normalized spacial score (nSPS) is 11.0. The topological polar surface area (TPSA) is 70.7 Å². The van der Waals surface area contributed by atoms with E-state index in [9.17, 15) is 4.39 Å². The summed E-state index contributed by atoms with van der Waals surface area (Å²) in [5, 5.41) is 9.20. The second-order valence-corrected chi connectivity index (χ2v) is 6.63. The first-order chi connectivity index (χ1) is 14.0. The van der Waals surface area contributed by atoms with E-state index >= 15 is 0 Å². The standard InChI is InChI=1S/C21H21FN6O/c1-4-27-15(3)11-18(25-27)21-24-19(13-29-17-9-6-8-16(22)12-17)26-28(21)20-10-5-7-14(2)23-20/h5-12H,4,13H2,1-3H3. The molecule has 7 nitrogen and oxygen atoms in total. The number of halogens is 1. The average molecular weight is 392 g/mol. The molecule has 0 atom stereocenters. The molecule has 29 heavy (non-hydrogen) atoms. The number of ether oxygens (including phenoxy) is 1. The first kappa shape index (κ1) is 18.8. The molecule has 148 valence electrons. The van der Waals surface area contributed by atoms with Crippen LogP contribution in [0.15, 0.2) is 48.5 Å². The van der Waals surface area contributed by atoms with Gasteiger partial charge in [0.2, 0.25) is 0 Å². The van der Waals surface area contributed by atoms with Crippen LogP contribution in [0.25, 0.3) is 17.3 Å². The molecule has 0 aliphatic carbocycles. The zero-order valence-electron chi connectivity index (χ0n) is 16.5. The number of nitrogens with zero attached hydrogens (tertiary/aromatic N) is 6. The summed E-state index contributed by atoms with van der Waals surface area (Å²) in [5.41, 5.74) is 2.61. The molecule has 0 radical (unpaired) electrons. The summed E-state index contributed by atoms with van der Waals surface area (Å²) in [7, 11) is 0. The SMILES string of the molecule is CCn1nc(-c2nc(COc3cccc(F)c3)nn2-c2cccc(C)n2)cc1C. The molecule has 0 saturated heterocycles. The van der Waals surface area contributed by atoms with Crippen molar-refractivity contribution in [2.75, 3.05) is 0 Å². The summed E-state index contributed by atoms with van der Waals surface area (Å²) >= 11 is 0. The molecule has 0 spiro atoms. The van der Waals surface area contributed by atoms with Crippen LogP contribution < -0.4 is 4.74 Å². The van der Waals surface area contributed by atoms with Crippen molar-refractivity contribution >= 4 is 0 Å². The van der Waals surface area contributed by atoms with Gasteiger partial charge in [0.1, 0.15) is 23.9 Å². The minimum atomic E-state index is -0.355. The van der Waals surface area contributed by atoms with Crippen LogP contribution in [0.3, 0.4) is 0 Å². The van der Waals surface area contributed by atoms with E-state index in [1.165, 1.54) is 12.1 Å². The summed E-state index contributed by atoms with van der Waals surface area (Å²) in [6.45, 7) is 6.82. The fourth-order valence-electron chi connectivity index (χ4n) is 3.03. The Morgan fingerprint density at radius 2 is 1.83 bits per heavy atom. The highest BCUT2D eigenvalue weighted by molar-refractivity contribution is 5.53. The van der Waals surface area contributed by atoms with Gasteiger partial charge in [0.05, 0.1) is 0 Å². The van der Waals surface area contributed by atoms with Crippen LogP contribution in [0.1, 0.15) is 24.1 Å². The highest BCUT2D eigenvalue weighted by Gasteiger charge is 2.18. The first-order valence-electron chi connectivity index (χ1n) is 9.36. The Kier molecular flexibility index (Phi) is 5.07. The van der Waals surface area contributed by atoms with Crippen LogP contribution in [0, 0.1) is 19.7 Å². The molecule has 4 rings (SSSR count). The van der Waals surface area contributed by atoms with E-state index in [0.717, 1.165) is 17.9 Å². The molecule has 0 unspecified atom stereocenters. The van der Waals surface area contributed by atoms with Crippen LogP contribution in [0.4, 0.5) is 4.39 Å². The Morgan fingerprint density at radius 1 is 1.00 bits per heavy atom. The van der Waals surface area contributed by atoms with Crippen LogP contribution >= 0.6 is 0 Å². The van der Waals surface area contributed by atoms with E-state index in [2.05, 4.69) is 20.2 Å². The Hall–Kier alpha value is -3.55. The molecule has 1 aromatic carbocycles. The number of hydrogen-bond donors (Lipinski definition) is 0. The van der Waals surface area contributed by atoms with E-state index in [1.807, 2.05) is 49.7 Å². The molecular formula is C21H21FN6O. The van der Waals surface area contributed by atoms with E-state index in [0.29, 0.717) is 28.9 Å². The van der Waals surface area contributed by atoms with Gasteiger partial charge >= 0.3 is 0 Å². The van der Waals surface area contributed by atoms with Gasteiger partial charge in [-0.25, -0.2) is 14.4 Å². The van der Waals surface area contributed by atoms with Crippen molar-refractivity contribution in [3.8, 4) is 23.1 Å². The van der Waals surface area contributed by atoms with Gasteiger partial charge in [-0.3, -0.25) is 4.68 Å². The lowest BCUT2D eigenvalue weighted by atomic mass is 10.3. The van der Waals surface area contributed by atoms with Crippen molar-refractivity contribution in [3.05, 3.63) is 71.6 Å². The second kappa shape index (κ2) is 7.83. The van der Waals surface area contributed by atoms with Crippen molar-refractivity contribution in [1.82, 2.24) is 29.5 Å². The highest BCUT2D eigenvalue weighted by atomic mass is 19.1. The Balaban J connectivity index is 1.71. The number of pyridine rings is 1. The van der Waals surface area contributed by atoms with Gasteiger partial charge in [0.25, 0.3) is 0 Å². The summed E-state index contributed by atoms with van der Waals surface area (Å²) < 4.78 is 22.6. The molecule has 0 bridgehead atoms. The Bertz CT molecular complexity index is 1150. The average Bonchev–Trinajstić information content (AvgIpc) is 3.29. The monoisotopic (exact) mass is 392 g/mol. The maximum atomic E-state index is 13.4. The van der Waals surface area contributed by atoms with Crippen LogP contribution in [0.2, 0.25) is 0 Å². The third-order valence-electron chi connectivity index (χ3n) is 4.42. The highest BCUT2D eigenvalue weighted by Crippen LogP contribution is 2.21. The van der Waals surface area contributed by atoms with Gasteiger partial charge in [-0.15, -0.1) is 5.10 Å². The Labute approximate surface area is 167 Å². The molecule has 3 heterocycles. The molecule has 0 aliphatic heterocycles. The number of rotatable bonds is 6. The Morgan fingerprint density at radius 3 is 2.55 bits per heavy atom. The minimum Gasteiger partial charge on any atom is -0.485 e. The lowest BCUT2D eigenvalue weighted by molar-refractivity contribution is 0.294. The van der Waals surface area contributed by atoms with E-state index in [-0.39, 0.29) is 12.4 Å². The molecule has 4 aromatic rings. The zero-order chi connectivity index (χ0) is 20.4. The summed E-state index contributed by atoms with van der Waals surface area (Å²) in [4.78, 5) is 9.19. The number of hydrogen-bond acceptors (Lipinski definition) is 5. The number of aryl methyl sites for hydroxylation is 3. The van der Waals surface area contributed by atoms with E-state index < -0.39 is 0 Å². The van der Waals surface area contributed by atoms with Crippen molar-refractivity contribution < 1.29 is 9.13 Å².